The molecular weight excluding hydrogens is 479 g/mol. The van der Waals surface area contributed by atoms with Gasteiger partial charge in [-0.25, -0.2) is 4.39 Å². The third-order valence-corrected chi connectivity index (χ3v) is 5.84. The highest BCUT2D eigenvalue weighted by molar-refractivity contribution is 9.10. The summed E-state index contributed by atoms with van der Waals surface area (Å²) in [5.41, 5.74) is 0.739. The van der Waals surface area contributed by atoms with Gasteiger partial charge in [0.05, 0.1) is 35.4 Å². The first-order valence-corrected chi connectivity index (χ1v) is 10.5. The van der Waals surface area contributed by atoms with Gasteiger partial charge in [0.15, 0.2) is 0 Å². The van der Waals surface area contributed by atoms with E-state index >= 15 is 0 Å². The highest BCUT2D eigenvalue weighted by Gasteiger charge is 2.47. The highest BCUT2D eigenvalue weighted by Crippen LogP contribution is 2.41. The van der Waals surface area contributed by atoms with Crippen molar-refractivity contribution in [2.75, 3.05) is 7.11 Å². The Kier molecular flexibility index (Phi) is 6.05. The first-order valence-electron chi connectivity index (χ1n) is 9.69. The quantitative estimate of drug-likeness (QED) is 0.317. The standard InChI is InChI=1S/C24H18BrFN2O4/c1-32-19-10-9-14(12-17(19)25)22(29)20-21(16-7-2-3-8-18(16)26)28(24(31)23(20)30)13-15-6-4-5-11-27-15/h2-12,21,29H,13H2,1H3/b22-20+. The van der Waals surface area contributed by atoms with Crippen LogP contribution < -0.4 is 4.74 Å². The number of carbonyl (C=O) groups excluding carboxylic acids is 2. The molecule has 0 radical (unpaired) electrons. The number of hydrogen-bond donors (Lipinski definition) is 1. The van der Waals surface area contributed by atoms with Crippen LogP contribution in [-0.2, 0) is 16.1 Å². The maximum Gasteiger partial charge on any atom is 0.296 e. The van der Waals surface area contributed by atoms with Gasteiger partial charge in [0.25, 0.3) is 11.7 Å². The molecule has 1 saturated heterocycles. The molecule has 1 aromatic heterocycles. The van der Waals surface area contributed by atoms with E-state index in [1.165, 1.54) is 30.2 Å². The predicted octanol–water partition coefficient (Wildman–Crippen LogP) is 4.61. The number of benzene rings is 2. The maximum absolute atomic E-state index is 14.8. The van der Waals surface area contributed by atoms with E-state index in [4.69, 9.17) is 4.74 Å². The topological polar surface area (TPSA) is 79.7 Å². The Morgan fingerprint density at radius 3 is 2.56 bits per heavy atom. The average molecular weight is 497 g/mol. The van der Waals surface area contributed by atoms with Gasteiger partial charge in [-0.15, -0.1) is 0 Å². The van der Waals surface area contributed by atoms with Crippen LogP contribution in [0.3, 0.4) is 0 Å². The number of rotatable bonds is 5. The van der Waals surface area contributed by atoms with Gasteiger partial charge < -0.3 is 14.7 Å². The second-order valence-corrected chi connectivity index (χ2v) is 7.97. The monoisotopic (exact) mass is 496 g/mol. The fourth-order valence-electron chi connectivity index (χ4n) is 3.70. The first kappa shape index (κ1) is 21.7. The molecule has 32 heavy (non-hydrogen) atoms. The molecule has 8 heteroatoms. The van der Waals surface area contributed by atoms with Crippen LogP contribution in [0.15, 0.2) is 76.9 Å². The number of aliphatic hydroxyl groups is 1. The van der Waals surface area contributed by atoms with Gasteiger partial charge in [-0.3, -0.25) is 14.6 Å². The molecule has 1 amide bonds. The summed E-state index contributed by atoms with van der Waals surface area (Å²) in [4.78, 5) is 31.4. The van der Waals surface area contributed by atoms with E-state index in [1.54, 1.807) is 48.7 Å². The van der Waals surface area contributed by atoms with Crippen LogP contribution in [0.2, 0.25) is 0 Å². The van der Waals surface area contributed by atoms with Crippen molar-refractivity contribution in [3.8, 4) is 5.75 Å². The zero-order chi connectivity index (χ0) is 22.8. The van der Waals surface area contributed by atoms with Crippen LogP contribution in [0, 0.1) is 5.82 Å². The van der Waals surface area contributed by atoms with E-state index < -0.39 is 29.3 Å². The number of likely N-dealkylation sites (tertiary alicyclic amines) is 1. The second-order valence-electron chi connectivity index (χ2n) is 7.12. The minimum absolute atomic E-state index is 0.0203. The minimum Gasteiger partial charge on any atom is -0.507 e. The van der Waals surface area contributed by atoms with Crippen LogP contribution in [0.4, 0.5) is 4.39 Å². The van der Waals surface area contributed by atoms with Crippen molar-refractivity contribution in [1.29, 1.82) is 0 Å². The number of carbonyl (C=O) groups is 2. The number of nitrogens with zero attached hydrogens (tertiary/aromatic N) is 2. The molecule has 0 saturated carbocycles. The molecule has 6 nitrogen and oxygen atoms in total. The van der Waals surface area contributed by atoms with E-state index in [-0.39, 0.29) is 23.2 Å². The molecule has 0 spiro atoms. The summed E-state index contributed by atoms with van der Waals surface area (Å²) >= 11 is 3.35. The molecule has 1 fully saturated rings. The predicted molar refractivity (Wildman–Crippen MR) is 119 cm³/mol. The number of halogens is 2. The van der Waals surface area contributed by atoms with Crippen molar-refractivity contribution in [3.05, 3.63) is 99.5 Å². The van der Waals surface area contributed by atoms with Gasteiger partial charge in [0, 0.05) is 17.3 Å². The Labute approximate surface area is 192 Å². The molecule has 0 bridgehead atoms. The first-order chi connectivity index (χ1) is 15.4. The summed E-state index contributed by atoms with van der Waals surface area (Å²) in [5.74, 6) is -2.19. The van der Waals surface area contributed by atoms with Crippen LogP contribution in [-0.4, -0.2) is 33.8 Å². The molecular formula is C24H18BrFN2O4. The Morgan fingerprint density at radius 2 is 1.91 bits per heavy atom. The molecule has 1 atom stereocenters. The van der Waals surface area contributed by atoms with Gasteiger partial charge in [0.2, 0.25) is 0 Å². The summed E-state index contributed by atoms with van der Waals surface area (Å²) < 4.78 is 20.6. The van der Waals surface area contributed by atoms with Crippen LogP contribution in [0.1, 0.15) is 22.9 Å². The van der Waals surface area contributed by atoms with Crippen molar-refractivity contribution in [1.82, 2.24) is 9.88 Å². The van der Waals surface area contributed by atoms with E-state index in [1.807, 2.05) is 0 Å². The minimum atomic E-state index is -1.11. The van der Waals surface area contributed by atoms with Gasteiger partial charge in [-0.1, -0.05) is 24.3 Å². The van der Waals surface area contributed by atoms with Gasteiger partial charge in [-0.2, -0.15) is 0 Å². The van der Waals surface area contributed by atoms with Gasteiger partial charge in [0.1, 0.15) is 17.3 Å². The number of ketones is 1. The number of pyridine rings is 1. The van der Waals surface area contributed by atoms with Crippen LogP contribution in [0.5, 0.6) is 5.75 Å². The van der Waals surface area contributed by atoms with Crippen molar-refractivity contribution in [3.63, 3.8) is 0 Å². The maximum atomic E-state index is 14.8. The zero-order valence-corrected chi connectivity index (χ0v) is 18.5. The van der Waals surface area contributed by atoms with Crippen molar-refractivity contribution in [2.24, 2.45) is 0 Å². The molecule has 0 aliphatic carbocycles. The highest BCUT2D eigenvalue weighted by atomic mass is 79.9. The number of methoxy groups -OCH3 is 1. The lowest BCUT2D eigenvalue weighted by Gasteiger charge is -2.25. The number of ether oxygens (including phenoxy) is 1. The second kappa shape index (κ2) is 8.92. The molecule has 1 unspecified atom stereocenters. The number of Topliss-reactive ketones (excluding diaryl/α,β-unsaturated/α-hetero) is 1. The number of amides is 1. The summed E-state index contributed by atoms with van der Waals surface area (Å²) in [6.45, 7) is -0.0203. The van der Waals surface area contributed by atoms with Crippen molar-refractivity contribution in [2.45, 2.75) is 12.6 Å². The Balaban J connectivity index is 1.89. The SMILES string of the molecule is COc1ccc(/C(O)=C2\C(=O)C(=O)N(Cc3ccccn3)C2c2ccccc2F)cc1Br. The molecule has 1 aliphatic rings. The molecule has 4 rings (SSSR count). The van der Waals surface area contributed by atoms with Gasteiger partial charge in [-0.05, 0) is 52.3 Å². The van der Waals surface area contributed by atoms with Crippen molar-refractivity contribution < 1.29 is 23.8 Å². The largest absolute Gasteiger partial charge is 0.507 e. The number of aliphatic hydroxyl groups excluding tert-OH is 1. The fourth-order valence-corrected chi connectivity index (χ4v) is 4.24. The molecule has 3 aromatic rings. The zero-order valence-electron chi connectivity index (χ0n) is 17.0. The third-order valence-electron chi connectivity index (χ3n) is 5.22. The normalized spacial score (nSPS) is 17.6. The summed E-state index contributed by atoms with van der Waals surface area (Å²) in [6, 6.07) is 14.7. The third kappa shape index (κ3) is 3.89. The smallest absolute Gasteiger partial charge is 0.296 e. The molecule has 1 aliphatic heterocycles. The number of hydrogen-bond acceptors (Lipinski definition) is 5. The number of aromatic nitrogens is 1. The molecule has 2 aromatic carbocycles. The molecule has 162 valence electrons. The van der Waals surface area contributed by atoms with E-state index in [0.29, 0.717) is 15.9 Å². The van der Waals surface area contributed by atoms with E-state index in [2.05, 4.69) is 20.9 Å². The fraction of sp³-hybridized carbons (Fsp3) is 0.125. The van der Waals surface area contributed by atoms with Gasteiger partial charge >= 0.3 is 0 Å². The molecule has 2 heterocycles. The summed E-state index contributed by atoms with van der Waals surface area (Å²) in [6.07, 6.45) is 1.57. The Hall–Kier alpha value is -3.52. The lowest BCUT2D eigenvalue weighted by atomic mass is 9.95. The van der Waals surface area contributed by atoms with E-state index in [9.17, 15) is 19.1 Å². The van der Waals surface area contributed by atoms with Crippen molar-refractivity contribution >= 4 is 33.4 Å². The average Bonchev–Trinajstić information content (AvgIpc) is 3.04. The van der Waals surface area contributed by atoms with Crippen LogP contribution >= 0.6 is 15.9 Å². The van der Waals surface area contributed by atoms with E-state index in [0.717, 1.165) is 0 Å². The molecule has 1 N–H and O–H groups in total. The van der Waals surface area contributed by atoms with Crippen LogP contribution in [0.25, 0.3) is 5.76 Å². The lowest BCUT2D eigenvalue weighted by Crippen LogP contribution is -2.30. The Bertz CT molecular complexity index is 1230. The summed E-state index contributed by atoms with van der Waals surface area (Å²) in [7, 11) is 1.50. The lowest BCUT2D eigenvalue weighted by molar-refractivity contribution is -0.140. The summed E-state index contributed by atoms with van der Waals surface area (Å²) in [5, 5.41) is 11.1. The Morgan fingerprint density at radius 1 is 1.16 bits per heavy atom.